The monoisotopic (exact) mass is 332 g/mol. The van der Waals surface area contributed by atoms with Gasteiger partial charge in [0.2, 0.25) is 0 Å². The van der Waals surface area contributed by atoms with E-state index in [9.17, 15) is 14.4 Å². The first-order valence-corrected chi connectivity index (χ1v) is 7.36. The van der Waals surface area contributed by atoms with Crippen molar-refractivity contribution in [1.82, 2.24) is 9.55 Å². The number of methoxy groups -OCH3 is 1. The lowest BCUT2D eigenvalue weighted by molar-refractivity contribution is 0.0998. The molecule has 0 unspecified atom stereocenters. The van der Waals surface area contributed by atoms with E-state index in [1.165, 1.54) is 7.11 Å². The summed E-state index contributed by atoms with van der Waals surface area (Å²) in [5.41, 5.74) is 5.06. The number of aromatic nitrogens is 2. The van der Waals surface area contributed by atoms with Crippen molar-refractivity contribution in [3.05, 3.63) is 56.7 Å². The molecule has 0 amide bonds. The summed E-state index contributed by atoms with van der Waals surface area (Å²) in [5, 5.41) is 0. The Morgan fingerprint density at radius 1 is 1.29 bits per heavy atom. The first kappa shape index (κ1) is 17.5. The van der Waals surface area contributed by atoms with Gasteiger partial charge in [0.1, 0.15) is 11.4 Å². The number of likely N-dealkylation sites (N-methyl/N-ethyl adjacent to an activating group) is 1. The molecule has 0 radical (unpaired) electrons. The quantitative estimate of drug-likeness (QED) is 0.695. The molecule has 8 nitrogen and oxygen atoms in total. The minimum atomic E-state index is -0.780. The van der Waals surface area contributed by atoms with Crippen LogP contribution in [0.2, 0.25) is 0 Å². The molecular weight excluding hydrogens is 312 g/mol. The minimum absolute atomic E-state index is 0.0419. The van der Waals surface area contributed by atoms with Crippen LogP contribution in [0, 0.1) is 0 Å². The number of nitrogens with zero attached hydrogens (tertiary/aromatic N) is 2. The Bertz CT molecular complexity index is 826. The van der Waals surface area contributed by atoms with Gasteiger partial charge in [-0.2, -0.15) is 0 Å². The van der Waals surface area contributed by atoms with Crippen LogP contribution in [0.1, 0.15) is 10.4 Å². The predicted molar refractivity (Wildman–Crippen MR) is 91.7 cm³/mol. The van der Waals surface area contributed by atoms with Gasteiger partial charge in [0.25, 0.3) is 5.56 Å². The number of hydrogen-bond donors (Lipinski definition) is 2. The number of H-pyrrole nitrogens is 1. The standard InChI is InChI=1S/C16H20N4O4/c1-19(11-6-4-3-5-7-11)10-12(21)13-14(17)20(8-9-24-2)16(23)18-15(13)22/h3-7H,8-10,17H2,1-2H3,(H,18,22,23). The highest BCUT2D eigenvalue weighted by Crippen LogP contribution is 2.12. The SMILES string of the molecule is COCCn1c(N)c(C(=O)CN(C)c2ccccc2)c(=O)[nH]c1=O. The minimum Gasteiger partial charge on any atom is -0.384 e. The van der Waals surface area contributed by atoms with Crippen molar-refractivity contribution >= 4 is 17.3 Å². The lowest BCUT2D eigenvalue weighted by Crippen LogP contribution is -2.39. The maximum atomic E-state index is 12.5. The number of aromatic amines is 1. The zero-order chi connectivity index (χ0) is 17.7. The summed E-state index contributed by atoms with van der Waals surface area (Å²) in [6, 6.07) is 9.26. The number of benzene rings is 1. The van der Waals surface area contributed by atoms with Crippen molar-refractivity contribution in [3.63, 3.8) is 0 Å². The van der Waals surface area contributed by atoms with Crippen LogP contribution in [-0.4, -0.2) is 42.6 Å². The Labute approximate surface area is 138 Å². The zero-order valence-electron chi connectivity index (χ0n) is 13.6. The molecule has 2 aromatic rings. The van der Waals surface area contributed by atoms with Gasteiger partial charge in [0.05, 0.1) is 19.7 Å². The number of nitrogens with one attached hydrogen (secondary N) is 1. The van der Waals surface area contributed by atoms with Gasteiger partial charge in [-0.15, -0.1) is 0 Å². The topological polar surface area (TPSA) is 110 Å². The van der Waals surface area contributed by atoms with Gasteiger partial charge in [-0.05, 0) is 12.1 Å². The summed E-state index contributed by atoms with van der Waals surface area (Å²) in [4.78, 5) is 40.2. The average Bonchev–Trinajstić information content (AvgIpc) is 2.55. The second-order valence-electron chi connectivity index (χ2n) is 5.28. The number of anilines is 2. The molecule has 1 aromatic heterocycles. The van der Waals surface area contributed by atoms with Gasteiger partial charge in [0, 0.05) is 19.8 Å². The number of nitrogen functional groups attached to an aromatic ring is 1. The number of carbonyl (C=O) groups is 1. The second kappa shape index (κ2) is 7.60. The van der Waals surface area contributed by atoms with E-state index in [1.807, 2.05) is 30.3 Å². The van der Waals surface area contributed by atoms with Crippen LogP contribution in [-0.2, 0) is 11.3 Å². The number of rotatable bonds is 7. The van der Waals surface area contributed by atoms with Crippen molar-refractivity contribution in [2.75, 3.05) is 37.9 Å². The van der Waals surface area contributed by atoms with Crippen LogP contribution >= 0.6 is 0 Å². The average molecular weight is 332 g/mol. The van der Waals surface area contributed by atoms with Crippen LogP contribution in [0.5, 0.6) is 0 Å². The molecule has 0 bridgehead atoms. The van der Waals surface area contributed by atoms with Crippen molar-refractivity contribution < 1.29 is 9.53 Å². The molecule has 0 spiro atoms. The summed E-state index contributed by atoms with van der Waals surface area (Å²) in [6.07, 6.45) is 0. The molecule has 0 aliphatic heterocycles. The summed E-state index contributed by atoms with van der Waals surface area (Å²) >= 11 is 0. The normalized spacial score (nSPS) is 10.6. The maximum absolute atomic E-state index is 12.5. The van der Waals surface area contributed by atoms with Gasteiger partial charge < -0.3 is 15.4 Å². The van der Waals surface area contributed by atoms with E-state index >= 15 is 0 Å². The van der Waals surface area contributed by atoms with E-state index < -0.39 is 17.0 Å². The molecule has 8 heteroatoms. The molecule has 0 saturated carbocycles. The van der Waals surface area contributed by atoms with Crippen LogP contribution in [0.25, 0.3) is 0 Å². The highest BCUT2D eigenvalue weighted by molar-refractivity contribution is 6.02. The number of nitrogens with two attached hydrogens (primary N) is 1. The lowest BCUT2D eigenvalue weighted by atomic mass is 10.1. The van der Waals surface area contributed by atoms with E-state index in [0.717, 1.165) is 10.3 Å². The van der Waals surface area contributed by atoms with Crippen LogP contribution < -0.4 is 21.9 Å². The summed E-state index contributed by atoms with van der Waals surface area (Å²) in [5.74, 6) is -0.612. The number of Topliss-reactive ketones (excluding diaryl/α,β-unsaturated/α-hetero) is 1. The van der Waals surface area contributed by atoms with E-state index in [0.29, 0.717) is 0 Å². The van der Waals surface area contributed by atoms with Gasteiger partial charge in [-0.1, -0.05) is 18.2 Å². The Morgan fingerprint density at radius 2 is 1.96 bits per heavy atom. The molecule has 3 N–H and O–H groups in total. The largest absolute Gasteiger partial charge is 0.384 e. The molecule has 1 heterocycles. The molecule has 0 aliphatic rings. The Kier molecular flexibility index (Phi) is 5.54. The third kappa shape index (κ3) is 3.72. The number of carbonyl (C=O) groups excluding carboxylic acids is 1. The number of para-hydroxylation sites is 1. The molecular formula is C16H20N4O4. The van der Waals surface area contributed by atoms with Gasteiger partial charge in [0.15, 0.2) is 5.78 Å². The summed E-state index contributed by atoms with van der Waals surface area (Å²) in [7, 11) is 3.21. The predicted octanol–water partition coefficient (Wildman–Crippen LogP) is 0.0843. The number of ether oxygens (including phenoxy) is 1. The molecule has 1 aromatic carbocycles. The number of hydrogen-bond acceptors (Lipinski definition) is 6. The Morgan fingerprint density at radius 3 is 2.58 bits per heavy atom. The molecule has 0 fully saturated rings. The van der Waals surface area contributed by atoms with Crippen molar-refractivity contribution in [1.29, 1.82) is 0 Å². The van der Waals surface area contributed by atoms with Gasteiger partial charge in [-0.3, -0.25) is 19.1 Å². The van der Waals surface area contributed by atoms with Crippen molar-refractivity contribution in [2.24, 2.45) is 0 Å². The number of ketones is 1. The molecule has 24 heavy (non-hydrogen) atoms. The van der Waals surface area contributed by atoms with Crippen molar-refractivity contribution in [3.8, 4) is 0 Å². The first-order chi connectivity index (χ1) is 11.5. The second-order valence-corrected chi connectivity index (χ2v) is 5.28. The summed E-state index contributed by atoms with van der Waals surface area (Å²) in [6.45, 7) is 0.334. The maximum Gasteiger partial charge on any atom is 0.330 e. The Hall–Kier alpha value is -2.87. The van der Waals surface area contributed by atoms with Crippen LogP contribution in [0.4, 0.5) is 11.5 Å². The third-order valence-electron chi connectivity index (χ3n) is 3.62. The first-order valence-electron chi connectivity index (χ1n) is 7.36. The summed E-state index contributed by atoms with van der Waals surface area (Å²) < 4.78 is 6.03. The molecule has 0 atom stereocenters. The highest BCUT2D eigenvalue weighted by Gasteiger charge is 2.20. The van der Waals surface area contributed by atoms with Gasteiger partial charge in [-0.25, -0.2) is 4.79 Å². The lowest BCUT2D eigenvalue weighted by Gasteiger charge is -2.19. The highest BCUT2D eigenvalue weighted by atomic mass is 16.5. The fourth-order valence-corrected chi connectivity index (χ4v) is 2.33. The van der Waals surface area contributed by atoms with Gasteiger partial charge >= 0.3 is 5.69 Å². The molecule has 128 valence electrons. The van der Waals surface area contributed by atoms with Crippen LogP contribution in [0.15, 0.2) is 39.9 Å². The zero-order valence-corrected chi connectivity index (χ0v) is 13.6. The molecule has 0 saturated heterocycles. The van der Waals surface area contributed by atoms with E-state index in [-0.39, 0.29) is 31.1 Å². The fraction of sp³-hybridized carbons (Fsp3) is 0.312. The van der Waals surface area contributed by atoms with E-state index in [2.05, 4.69) is 4.98 Å². The third-order valence-corrected chi connectivity index (χ3v) is 3.62. The molecule has 0 aliphatic carbocycles. The van der Waals surface area contributed by atoms with Crippen LogP contribution in [0.3, 0.4) is 0 Å². The molecule has 2 rings (SSSR count). The van der Waals surface area contributed by atoms with E-state index in [4.69, 9.17) is 10.5 Å². The van der Waals surface area contributed by atoms with E-state index in [1.54, 1.807) is 11.9 Å². The fourth-order valence-electron chi connectivity index (χ4n) is 2.33. The van der Waals surface area contributed by atoms with Crippen molar-refractivity contribution in [2.45, 2.75) is 6.54 Å². The Balaban J connectivity index is 2.32. The smallest absolute Gasteiger partial charge is 0.330 e.